The molecule has 3 atom stereocenters. The van der Waals surface area contributed by atoms with Crippen molar-refractivity contribution in [2.45, 2.75) is 64.1 Å². The van der Waals surface area contributed by atoms with Gasteiger partial charge in [-0.05, 0) is 46.0 Å². The highest BCUT2D eigenvalue weighted by Crippen LogP contribution is 2.49. The molecule has 4 heteroatoms. The molecule has 2 N–H and O–H groups in total. The molecule has 17 heavy (non-hydrogen) atoms. The van der Waals surface area contributed by atoms with E-state index in [1.54, 1.807) is 0 Å². The number of ether oxygens (including phenoxy) is 1. The van der Waals surface area contributed by atoms with Gasteiger partial charge in [0.05, 0.1) is 5.54 Å². The zero-order valence-electron chi connectivity index (χ0n) is 11.3. The molecule has 0 aromatic rings. The molecule has 3 fully saturated rings. The standard InChI is InChI=1S/C13H24N2O2/c1-9-5-10-7-13(6-9,8-14)15(10)11(16)17-12(2,3)4/h9-10H,5-8,14H2,1-4H3/t9-,10?,13?/m1/s1. The first kappa shape index (κ1) is 12.7. The van der Waals surface area contributed by atoms with Crippen LogP contribution < -0.4 is 5.73 Å². The van der Waals surface area contributed by atoms with Gasteiger partial charge in [-0.15, -0.1) is 0 Å². The normalized spacial score (nSPS) is 36.4. The van der Waals surface area contributed by atoms with Crippen LogP contribution in [0.4, 0.5) is 4.79 Å². The van der Waals surface area contributed by atoms with Crippen LogP contribution in [-0.4, -0.2) is 34.7 Å². The highest BCUT2D eigenvalue weighted by atomic mass is 16.6. The van der Waals surface area contributed by atoms with Gasteiger partial charge >= 0.3 is 6.09 Å². The average Bonchev–Trinajstić information content (AvgIpc) is 2.12. The van der Waals surface area contributed by atoms with Crippen LogP contribution in [0.25, 0.3) is 0 Å². The van der Waals surface area contributed by atoms with Crippen LogP contribution in [-0.2, 0) is 4.74 Å². The lowest BCUT2D eigenvalue weighted by Gasteiger charge is -2.62. The van der Waals surface area contributed by atoms with E-state index >= 15 is 0 Å². The largest absolute Gasteiger partial charge is 0.444 e. The number of nitrogens with two attached hydrogens (primary N) is 1. The Balaban J connectivity index is 2.09. The third kappa shape index (κ3) is 2.15. The molecule has 3 aliphatic rings. The van der Waals surface area contributed by atoms with Crippen molar-refractivity contribution in [1.82, 2.24) is 4.90 Å². The van der Waals surface area contributed by atoms with Crippen LogP contribution in [0.5, 0.6) is 0 Å². The maximum absolute atomic E-state index is 12.2. The Morgan fingerprint density at radius 2 is 2.12 bits per heavy atom. The molecule has 2 bridgehead atoms. The molecule has 2 heterocycles. The highest BCUT2D eigenvalue weighted by molar-refractivity contribution is 5.71. The Kier molecular flexibility index (Phi) is 2.89. The lowest BCUT2D eigenvalue weighted by atomic mass is 9.64. The highest BCUT2D eigenvalue weighted by Gasteiger charge is 2.58. The van der Waals surface area contributed by atoms with Crippen molar-refractivity contribution in [3.8, 4) is 0 Å². The lowest BCUT2D eigenvalue weighted by Crippen LogP contribution is -2.74. The smallest absolute Gasteiger partial charge is 0.411 e. The summed E-state index contributed by atoms with van der Waals surface area (Å²) in [5, 5.41) is 0. The van der Waals surface area contributed by atoms with Gasteiger partial charge in [-0.1, -0.05) is 6.92 Å². The number of carbonyl (C=O) groups excluding carboxylic acids is 1. The summed E-state index contributed by atoms with van der Waals surface area (Å²) in [4.78, 5) is 14.1. The summed E-state index contributed by atoms with van der Waals surface area (Å²) >= 11 is 0. The van der Waals surface area contributed by atoms with Gasteiger partial charge in [0.15, 0.2) is 0 Å². The number of piperidine rings is 1. The van der Waals surface area contributed by atoms with E-state index in [1.165, 1.54) is 0 Å². The fraction of sp³-hybridized carbons (Fsp3) is 0.923. The van der Waals surface area contributed by atoms with Gasteiger partial charge < -0.3 is 10.5 Å². The summed E-state index contributed by atoms with van der Waals surface area (Å²) in [5.41, 5.74) is 5.33. The number of fused-ring (bicyclic) bond motifs is 2. The Morgan fingerprint density at radius 1 is 1.47 bits per heavy atom. The minimum absolute atomic E-state index is 0.120. The second-order valence-corrected chi connectivity index (χ2v) is 6.68. The minimum Gasteiger partial charge on any atom is -0.444 e. The van der Waals surface area contributed by atoms with E-state index in [0.29, 0.717) is 18.5 Å². The molecule has 0 aromatic heterocycles. The Hall–Kier alpha value is -0.770. The number of carbonyl (C=O) groups is 1. The van der Waals surface area contributed by atoms with Crippen molar-refractivity contribution < 1.29 is 9.53 Å². The zero-order chi connectivity index (χ0) is 12.8. The summed E-state index contributed by atoms with van der Waals surface area (Å²) in [7, 11) is 0. The first-order chi connectivity index (χ1) is 7.77. The Morgan fingerprint density at radius 3 is 2.65 bits per heavy atom. The van der Waals surface area contributed by atoms with Crippen molar-refractivity contribution in [1.29, 1.82) is 0 Å². The Bertz CT molecular complexity index is 324. The molecule has 1 amide bonds. The van der Waals surface area contributed by atoms with Crippen LogP contribution in [0.1, 0.15) is 47.0 Å². The monoisotopic (exact) mass is 240 g/mol. The molecule has 2 saturated heterocycles. The summed E-state index contributed by atoms with van der Waals surface area (Å²) in [5.74, 6) is 0.663. The van der Waals surface area contributed by atoms with Crippen LogP contribution in [0.2, 0.25) is 0 Å². The van der Waals surface area contributed by atoms with Crippen molar-refractivity contribution in [2.24, 2.45) is 11.7 Å². The van der Waals surface area contributed by atoms with Crippen LogP contribution in [0.15, 0.2) is 0 Å². The van der Waals surface area contributed by atoms with E-state index in [9.17, 15) is 4.79 Å². The second kappa shape index (κ2) is 3.87. The molecule has 98 valence electrons. The van der Waals surface area contributed by atoms with E-state index in [4.69, 9.17) is 10.5 Å². The number of nitrogens with zero attached hydrogens (tertiary/aromatic N) is 1. The van der Waals surface area contributed by atoms with Crippen molar-refractivity contribution >= 4 is 6.09 Å². The fourth-order valence-electron chi connectivity index (χ4n) is 3.39. The molecule has 2 aliphatic heterocycles. The molecular formula is C13H24N2O2. The van der Waals surface area contributed by atoms with E-state index in [2.05, 4.69) is 6.92 Å². The molecule has 2 unspecified atom stereocenters. The number of rotatable bonds is 1. The summed E-state index contributed by atoms with van der Waals surface area (Å²) in [6.07, 6.45) is 2.96. The number of hydrogen-bond acceptors (Lipinski definition) is 3. The molecule has 0 spiro atoms. The maximum Gasteiger partial charge on any atom is 0.411 e. The summed E-state index contributed by atoms with van der Waals surface area (Å²) < 4.78 is 5.47. The third-order valence-corrected chi connectivity index (χ3v) is 3.86. The predicted molar refractivity (Wildman–Crippen MR) is 66.7 cm³/mol. The quantitative estimate of drug-likeness (QED) is 0.764. The van der Waals surface area contributed by atoms with Crippen LogP contribution >= 0.6 is 0 Å². The predicted octanol–water partition coefficient (Wildman–Crippen LogP) is 2.12. The van der Waals surface area contributed by atoms with Gasteiger partial charge in [-0.2, -0.15) is 0 Å². The summed E-state index contributed by atoms with van der Waals surface area (Å²) in [6, 6.07) is 0.345. The zero-order valence-corrected chi connectivity index (χ0v) is 11.3. The molecule has 0 aromatic carbocycles. The van der Waals surface area contributed by atoms with Gasteiger partial charge in [-0.3, -0.25) is 4.90 Å². The first-order valence-corrected chi connectivity index (χ1v) is 6.50. The molecule has 3 rings (SSSR count). The van der Waals surface area contributed by atoms with Crippen molar-refractivity contribution in [2.75, 3.05) is 6.54 Å². The van der Waals surface area contributed by atoms with E-state index in [0.717, 1.165) is 19.3 Å². The second-order valence-electron chi connectivity index (χ2n) is 6.68. The van der Waals surface area contributed by atoms with Gasteiger partial charge in [0.1, 0.15) is 5.60 Å². The first-order valence-electron chi connectivity index (χ1n) is 6.50. The molecule has 1 aliphatic carbocycles. The lowest BCUT2D eigenvalue weighted by molar-refractivity contribution is -0.118. The van der Waals surface area contributed by atoms with E-state index in [1.807, 2.05) is 25.7 Å². The fourth-order valence-corrected chi connectivity index (χ4v) is 3.39. The topological polar surface area (TPSA) is 55.6 Å². The average molecular weight is 240 g/mol. The van der Waals surface area contributed by atoms with E-state index in [-0.39, 0.29) is 11.6 Å². The van der Waals surface area contributed by atoms with Gasteiger partial charge in [0.2, 0.25) is 0 Å². The molecule has 4 nitrogen and oxygen atoms in total. The van der Waals surface area contributed by atoms with Crippen molar-refractivity contribution in [3.63, 3.8) is 0 Å². The maximum atomic E-state index is 12.2. The SMILES string of the molecule is C[C@@H]1CC2CC(CN)(C1)N2C(=O)OC(C)(C)C. The van der Waals surface area contributed by atoms with Crippen LogP contribution in [0, 0.1) is 5.92 Å². The molecule has 0 radical (unpaired) electrons. The third-order valence-electron chi connectivity index (χ3n) is 3.86. The van der Waals surface area contributed by atoms with E-state index < -0.39 is 5.60 Å². The van der Waals surface area contributed by atoms with Crippen molar-refractivity contribution in [3.05, 3.63) is 0 Å². The molecule has 1 saturated carbocycles. The summed E-state index contributed by atoms with van der Waals surface area (Å²) in [6.45, 7) is 8.49. The number of hydrogen-bond donors (Lipinski definition) is 1. The van der Waals surface area contributed by atoms with Gasteiger partial charge in [-0.25, -0.2) is 4.79 Å². The van der Waals surface area contributed by atoms with Gasteiger partial charge in [0, 0.05) is 12.6 Å². The van der Waals surface area contributed by atoms with Gasteiger partial charge in [0.25, 0.3) is 0 Å². The number of amides is 1. The van der Waals surface area contributed by atoms with Crippen LogP contribution in [0.3, 0.4) is 0 Å². The molecular weight excluding hydrogens is 216 g/mol. The Labute approximate surface area is 103 Å². The minimum atomic E-state index is -0.428.